The number of pyridine rings is 1. The van der Waals surface area contributed by atoms with Crippen LogP contribution in [0.25, 0.3) is 0 Å². The van der Waals surface area contributed by atoms with E-state index in [9.17, 15) is 9.59 Å². The number of H-pyrrole nitrogens is 1. The molecule has 5 nitrogen and oxygen atoms in total. The molecule has 0 bridgehead atoms. The second kappa shape index (κ2) is 5.86. The number of ether oxygens (including phenoxy) is 1. The van der Waals surface area contributed by atoms with Crippen LogP contribution >= 0.6 is 0 Å². The molecule has 2 rings (SSSR count). The lowest BCUT2D eigenvalue weighted by atomic mass is 10.1. The van der Waals surface area contributed by atoms with Gasteiger partial charge in [0, 0.05) is 6.20 Å². The van der Waals surface area contributed by atoms with E-state index >= 15 is 0 Å². The molecule has 0 spiro atoms. The molecule has 0 aliphatic rings. The largest absolute Gasteiger partial charge is 0.497 e. The van der Waals surface area contributed by atoms with Crippen molar-refractivity contribution in [3.05, 3.63) is 58.5 Å². The van der Waals surface area contributed by atoms with Crippen LogP contribution in [-0.4, -0.2) is 18.0 Å². The second-order valence-corrected chi connectivity index (χ2v) is 3.99. The Morgan fingerprint density at radius 3 is 2.89 bits per heavy atom. The van der Waals surface area contributed by atoms with Gasteiger partial charge in [0.15, 0.2) is 0 Å². The fraction of sp³-hybridized carbons (Fsp3) is 0.143. The molecule has 2 N–H and O–H groups in total. The van der Waals surface area contributed by atoms with Gasteiger partial charge in [-0.15, -0.1) is 0 Å². The quantitative estimate of drug-likeness (QED) is 0.874. The summed E-state index contributed by atoms with van der Waals surface area (Å²) in [4.78, 5) is 25.7. The minimum atomic E-state index is -0.318. The number of benzene rings is 1. The van der Waals surface area contributed by atoms with Crippen molar-refractivity contribution in [3.63, 3.8) is 0 Å². The number of aromatic amines is 1. The molecule has 0 aliphatic carbocycles. The monoisotopic (exact) mass is 258 g/mol. The molecule has 0 unspecified atom stereocenters. The molecule has 2 aromatic rings. The highest BCUT2D eigenvalue weighted by Gasteiger charge is 2.06. The summed E-state index contributed by atoms with van der Waals surface area (Å²) in [6.07, 6.45) is 1.70. The van der Waals surface area contributed by atoms with E-state index in [1.54, 1.807) is 25.3 Å². The maximum absolute atomic E-state index is 11.8. The van der Waals surface area contributed by atoms with Crippen molar-refractivity contribution < 1.29 is 9.53 Å². The number of rotatable bonds is 4. The van der Waals surface area contributed by atoms with Gasteiger partial charge in [-0.25, -0.2) is 0 Å². The summed E-state index contributed by atoms with van der Waals surface area (Å²) in [6.45, 7) is 0. The molecule has 1 heterocycles. The van der Waals surface area contributed by atoms with E-state index in [-0.39, 0.29) is 23.6 Å². The third-order valence-electron chi connectivity index (χ3n) is 2.59. The third-order valence-corrected chi connectivity index (χ3v) is 2.59. The van der Waals surface area contributed by atoms with E-state index in [0.717, 1.165) is 5.56 Å². The highest BCUT2D eigenvalue weighted by atomic mass is 16.5. The fourth-order valence-electron chi connectivity index (χ4n) is 1.68. The van der Waals surface area contributed by atoms with Gasteiger partial charge in [-0.05, 0) is 29.8 Å². The number of anilines is 1. The zero-order chi connectivity index (χ0) is 13.7. The summed E-state index contributed by atoms with van der Waals surface area (Å²) >= 11 is 0. The zero-order valence-electron chi connectivity index (χ0n) is 10.5. The Hall–Kier alpha value is -2.56. The van der Waals surface area contributed by atoms with Gasteiger partial charge in [-0.1, -0.05) is 12.1 Å². The Balaban J connectivity index is 2.05. The van der Waals surface area contributed by atoms with Crippen molar-refractivity contribution in [1.29, 1.82) is 0 Å². The van der Waals surface area contributed by atoms with Gasteiger partial charge in [-0.3, -0.25) is 9.59 Å². The van der Waals surface area contributed by atoms with E-state index in [2.05, 4.69) is 10.3 Å². The van der Waals surface area contributed by atoms with Crippen molar-refractivity contribution >= 4 is 11.6 Å². The average molecular weight is 258 g/mol. The Labute approximate surface area is 110 Å². The Morgan fingerprint density at radius 1 is 1.32 bits per heavy atom. The molecule has 0 saturated heterocycles. The molecule has 0 aliphatic heterocycles. The van der Waals surface area contributed by atoms with Gasteiger partial charge < -0.3 is 15.0 Å². The molecule has 0 fully saturated rings. The maximum atomic E-state index is 11.8. The zero-order valence-corrected chi connectivity index (χ0v) is 10.5. The number of methoxy groups -OCH3 is 1. The smallest absolute Gasteiger partial charge is 0.271 e. The van der Waals surface area contributed by atoms with E-state index in [4.69, 9.17) is 4.74 Å². The summed E-state index contributed by atoms with van der Waals surface area (Å²) in [7, 11) is 1.57. The third kappa shape index (κ3) is 3.45. The van der Waals surface area contributed by atoms with Gasteiger partial charge in [0.2, 0.25) is 5.91 Å². The number of hydrogen-bond acceptors (Lipinski definition) is 3. The van der Waals surface area contributed by atoms with Crippen molar-refractivity contribution in [2.24, 2.45) is 0 Å². The first-order valence-electron chi connectivity index (χ1n) is 5.79. The van der Waals surface area contributed by atoms with Crippen LogP contribution in [0.2, 0.25) is 0 Å². The summed E-state index contributed by atoms with van der Waals surface area (Å²) in [5.41, 5.74) is 0.751. The van der Waals surface area contributed by atoms with Crippen LogP contribution in [0.15, 0.2) is 47.4 Å². The summed E-state index contributed by atoms with van der Waals surface area (Å²) in [5.74, 6) is 0.452. The van der Waals surface area contributed by atoms with Crippen molar-refractivity contribution in [1.82, 2.24) is 4.98 Å². The summed E-state index contributed by atoms with van der Waals surface area (Å²) in [6, 6.07) is 10.5. The van der Waals surface area contributed by atoms with Gasteiger partial charge in [-0.2, -0.15) is 0 Å². The van der Waals surface area contributed by atoms with E-state index in [1.807, 2.05) is 18.2 Å². The van der Waals surface area contributed by atoms with Gasteiger partial charge in [0.25, 0.3) is 5.56 Å². The lowest BCUT2D eigenvalue weighted by Crippen LogP contribution is -2.20. The predicted octanol–water partition coefficient (Wildman–Crippen LogP) is 1.56. The number of aromatic nitrogens is 1. The van der Waals surface area contributed by atoms with Crippen LogP contribution in [0.4, 0.5) is 5.69 Å². The minimum Gasteiger partial charge on any atom is -0.497 e. The molecule has 0 saturated carbocycles. The summed E-state index contributed by atoms with van der Waals surface area (Å²) in [5, 5.41) is 2.57. The van der Waals surface area contributed by atoms with Crippen LogP contribution < -0.4 is 15.6 Å². The molecule has 1 aromatic carbocycles. The molecular formula is C14H14N2O3. The number of amides is 1. The van der Waals surface area contributed by atoms with Crippen LogP contribution in [0, 0.1) is 0 Å². The lowest BCUT2D eigenvalue weighted by Gasteiger charge is -2.05. The normalized spacial score (nSPS) is 9.95. The van der Waals surface area contributed by atoms with Crippen LogP contribution in [-0.2, 0) is 11.2 Å². The van der Waals surface area contributed by atoms with Crippen molar-refractivity contribution in [3.8, 4) is 5.75 Å². The number of hydrogen-bond donors (Lipinski definition) is 2. The first-order valence-corrected chi connectivity index (χ1v) is 5.79. The first-order chi connectivity index (χ1) is 9.19. The Morgan fingerprint density at radius 2 is 2.16 bits per heavy atom. The maximum Gasteiger partial charge on any atom is 0.271 e. The van der Waals surface area contributed by atoms with E-state index in [1.165, 1.54) is 6.20 Å². The molecule has 0 atom stereocenters. The van der Waals surface area contributed by atoms with Crippen LogP contribution in [0.3, 0.4) is 0 Å². The predicted molar refractivity (Wildman–Crippen MR) is 72.4 cm³/mol. The lowest BCUT2D eigenvalue weighted by molar-refractivity contribution is -0.115. The van der Waals surface area contributed by atoms with Crippen LogP contribution in [0.1, 0.15) is 5.56 Å². The standard InChI is InChI=1S/C14H14N2O3/c1-19-11-5-2-4-10(8-11)9-13(17)16-12-6-3-7-15-14(12)18/h2-8H,9H2,1H3,(H,15,18)(H,16,17). The van der Waals surface area contributed by atoms with Gasteiger partial charge >= 0.3 is 0 Å². The van der Waals surface area contributed by atoms with Crippen molar-refractivity contribution in [2.75, 3.05) is 12.4 Å². The highest BCUT2D eigenvalue weighted by molar-refractivity contribution is 5.92. The van der Waals surface area contributed by atoms with Crippen molar-refractivity contribution in [2.45, 2.75) is 6.42 Å². The van der Waals surface area contributed by atoms with Crippen LogP contribution in [0.5, 0.6) is 5.75 Å². The summed E-state index contributed by atoms with van der Waals surface area (Å²) < 4.78 is 5.09. The molecule has 98 valence electrons. The first kappa shape index (κ1) is 12.9. The molecule has 1 amide bonds. The SMILES string of the molecule is COc1cccc(CC(=O)Nc2ccc[nH]c2=O)c1. The highest BCUT2D eigenvalue weighted by Crippen LogP contribution is 2.13. The fourth-order valence-corrected chi connectivity index (χ4v) is 1.68. The second-order valence-electron chi connectivity index (χ2n) is 3.99. The topological polar surface area (TPSA) is 71.2 Å². The molecular weight excluding hydrogens is 244 g/mol. The molecule has 5 heteroatoms. The molecule has 0 radical (unpaired) electrons. The molecule has 1 aromatic heterocycles. The van der Waals surface area contributed by atoms with Gasteiger partial charge in [0.05, 0.1) is 13.5 Å². The number of carbonyl (C=O) groups excluding carboxylic acids is 1. The van der Waals surface area contributed by atoms with Gasteiger partial charge in [0.1, 0.15) is 11.4 Å². The average Bonchev–Trinajstić information content (AvgIpc) is 2.41. The minimum absolute atomic E-state index is 0.186. The van der Waals surface area contributed by atoms with E-state index < -0.39 is 0 Å². The molecule has 19 heavy (non-hydrogen) atoms. The van der Waals surface area contributed by atoms with E-state index in [0.29, 0.717) is 5.75 Å². The Bertz CT molecular complexity index is 634. The Kier molecular flexibility index (Phi) is 3.97. The number of nitrogens with one attached hydrogen (secondary N) is 2. The number of carbonyl (C=O) groups is 1.